The largest absolute Gasteiger partial charge is 0.514 e. The standard InChI is InChI=1S/C39H40N4O3/c1-6-12-36-41-37-27(2)21-31(33-25-42(26-40-33)23-28-13-8-7-9-14-28)22-34(37)43(36)24-29-17-19-30(20-18-29)32-15-10-11-16-35(32)45-38(44)46-39(3,4)5/h7-11,13-22,25-26H,6,12,23-24H2,1-5H3. The number of aryl methyl sites for hydroxylation is 2. The number of aromatic nitrogens is 4. The first kappa shape index (κ1) is 30.8. The van der Waals surface area contributed by atoms with Crippen LogP contribution in [0.4, 0.5) is 4.79 Å². The van der Waals surface area contributed by atoms with Gasteiger partial charge in [0.25, 0.3) is 0 Å². The Balaban J connectivity index is 1.28. The summed E-state index contributed by atoms with van der Waals surface area (Å²) in [5, 5.41) is 0. The van der Waals surface area contributed by atoms with E-state index in [9.17, 15) is 4.79 Å². The molecule has 2 heterocycles. The Morgan fingerprint density at radius 3 is 2.30 bits per heavy atom. The van der Waals surface area contributed by atoms with Gasteiger partial charge in [-0.05, 0) is 74.6 Å². The van der Waals surface area contributed by atoms with E-state index in [1.54, 1.807) is 6.07 Å². The van der Waals surface area contributed by atoms with Crippen LogP contribution in [0.5, 0.6) is 5.75 Å². The molecule has 6 aromatic rings. The fraction of sp³-hybridized carbons (Fsp3) is 0.256. The summed E-state index contributed by atoms with van der Waals surface area (Å²) in [5.41, 5.74) is 8.84. The molecular weight excluding hydrogens is 572 g/mol. The van der Waals surface area contributed by atoms with Crippen molar-refractivity contribution in [3.8, 4) is 28.1 Å². The van der Waals surface area contributed by atoms with Crippen molar-refractivity contribution in [2.24, 2.45) is 0 Å². The SMILES string of the molecule is CCCc1nc2c(C)cc(-c3cn(Cc4ccccc4)cn3)cc2n1Cc1ccc(-c2ccccc2OC(=O)OC(C)(C)C)cc1. The predicted molar refractivity (Wildman–Crippen MR) is 183 cm³/mol. The van der Waals surface area contributed by atoms with Crippen molar-refractivity contribution < 1.29 is 14.3 Å². The van der Waals surface area contributed by atoms with E-state index in [1.165, 1.54) is 5.56 Å². The zero-order valence-electron chi connectivity index (χ0n) is 27.2. The number of nitrogens with zero attached hydrogens (tertiary/aromatic N) is 4. The van der Waals surface area contributed by atoms with Gasteiger partial charge in [0.15, 0.2) is 0 Å². The van der Waals surface area contributed by atoms with Gasteiger partial charge in [0.05, 0.1) is 23.1 Å². The van der Waals surface area contributed by atoms with Crippen LogP contribution in [-0.2, 0) is 24.2 Å². The van der Waals surface area contributed by atoms with E-state index < -0.39 is 11.8 Å². The minimum atomic E-state index is -0.718. The highest BCUT2D eigenvalue weighted by Crippen LogP contribution is 2.32. The van der Waals surface area contributed by atoms with E-state index in [4.69, 9.17) is 19.4 Å². The number of hydrogen-bond donors (Lipinski definition) is 0. The molecule has 7 nitrogen and oxygen atoms in total. The molecule has 0 amide bonds. The molecule has 0 aliphatic carbocycles. The second-order valence-corrected chi connectivity index (χ2v) is 12.7. The Morgan fingerprint density at radius 1 is 0.848 bits per heavy atom. The van der Waals surface area contributed by atoms with Crippen molar-refractivity contribution in [2.75, 3.05) is 0 Å². The fourth-order valence-electron chi connectivity index (χ4n) is 5.70. The highest BCUT2D eigenvalue weighted by molar-refractivity contribution is 5.85. The number of para-hydroxylation sites is 1. The second kappa shape index (κ2) is 13.1. The number of imidazole rings is 2. The molecule has 6 rings (SSSR count). The topological polar surface area (TPSA) is 71.2 Å². The Morgan fingerprint density at radius 2 is 1.57 bits per heavy atom. The summed E-state index contributed by atoms with van der Waals surface area (Å²) < 4.78 is 15.4. The molecule has 0 aliphatic rings. The van der Waals surface area contributed by atoms with Gasteiger partial charge >= 0.3 is 6.16 Å². The number of carbonyl (C=O) groups excluding carboxylic acids is 1. The van der Waals surface area contributed by atoms with Gasteiger partial charge in [0.2, 0.25) is 0 Å². The maximum atomic E-state index is 12.4. The van der Waals surface area contributed by atoms with Crippen LogP contribution in [0, 0.1) is 6.92 Å². The third-order valence-corrected chi connectivity index (χ3v) is 7.81. The Hall–Kier alpha value is -5.17. The molecule has 7 heteroatoms. The predicted octanol–water partition coefficient (Wildman–Crippen LogP) is 9.24. The van der Waals surface area contributed by atoms with Crippen LogP contribution in [0.2, 0.25) is 0 Å². The van der Waals surface area contributed by atoms with Crippen LogP contribution < -0.4 is 4.74 Å². The van der Waals surface area contributed by atoms with Crippen LogP contribution >= 0.6 is 0 Å². The molecule has 0 N–H and O–H groups in total. The summed E-state index contributed by atoms with van der Waals surface area (Å²) >= 11 is 0. The van der Waals surface area contributed by atoms with Crippen molar-refractivity contribution in [2.45, 2.75) is 66.2 Å². The van der Waals surface area contributed by atoms with Crippen LogP contribution in [0.25, 0.3) is 33.4 Å². The van der Waals surface area contributed by atoms with Gasteiger partial charge in [0, 0.05) is 36.8 Å². The number of carbonyl (C=O) groups is 1. The molecule has 0 unspecified atom stereocenters. The zero-order valence-corrected chi connectivity index (χ0v) is 27.2. The molecule has 0 aliphatic heterocycles. The van der Waals surface area contributed by atoms with Crippen molar-refractivity contribution in [3.63, 3.8) is 0 Å². The maximum Gasteiger partial charge on any atom is 0.514 e. The fourth-order valence-corrected chi connectivity index (χ4v) is 5.70. The molecule has 2 aromatic heterocycles. The lowest BCUT2D eigenvalue weighted by molar-refractivity contribution is 0.0207. The number of ether oxygens (including phenoxy) is 2. The third-order valence-electron chi connectivity index (χ3n) is 7.81. The minimum Gasteiger partial charge on any atom is -0.428 e. The molecule has 46 heavy (non-hydrogen) atoms. The summed E-state index contributed by atoms with van der Waals surface area (Å²) in [7, 11) is 0. The van der Waals surface area contributed by atoms with E-state index in [1.807, 2.05) is 51.4 Å². The molecule has 0 fully saturated rings. The summed E-state index contributed by atoms with van der Waals surface area (Å²) in [5.74, 6) is 1.54. The summed E-state index contributed by atoms with van der Waals surface area (Å²) in [6, 6.07) is 30.8. The molecule has 0 saturated heterocycles. The summed E-state index contributed by atoms with van der Waals surface area (Å²) in [4.78, 5) is 22.3. The average Bonchev–Trinajstić information content (AvgIpc) is 3.63. The van der Waals surface area contributed by atoms with Crippen LogP contribution in [0.1, 0.15) is 56.6 Å². The van der Waals surface area contributed by atoms with Gasteiger partial charge in [-0.2, -0.15) is 0 Å². The Labute approximate surface area is 270 Å². The van der Waals surface area contributed by atoms with E-state index in [-0.39, 0.29) is 0 Å². The third kappa shape index (κ3) is 7.04. The lowest BCUT2D eigenvalue weighted by Crippen LogP contribution is -2.26. The first-order valence-electron chi connectivity index (χ1n) is 15.8. The quantitative estimate of drug-likeness (QED) is 0.120. The molecular formula is C39H40N4O3. The monoisotopic (exact) mass is 612 g/mol. The van der Waals surface area contributed by atoms with E-state index in [0.717, 1.165) is 69.8 Å². The number of rotatable bonds is 9. The molecule has 4 aromatic carbocycles. The molecule has 0 spiro atoms. The highest BCUT2D eigenvalue weighted by atomic mass is 16.7. The summed E-state index contributed by atoms with van der Waals surface area (Å²) in [6.07, 6.45) is 5.20. The van der Waals surface area contributed by atoms with Gasteiger partial charge in [0.1, 0.15) is 17.2 Å². The van der Waals surface area contributed by atoms with Crippen LogP contribution in [-0.4, -0.2) is 30.9 Å². The molecule has 0 saturated carbocycles. The average molecular weight is 613 g/mol. The molecule has 0 atom stereocenters. The van der Waals surface area contributed by atoms with Gasteiger partial charge < -0.3 is 18.6 Å². The van der Waals surface area contributed by atoms with Crippen molar-refractivity contribution in [1.82, 2.24) is 19.1 Å². The number of benzene rings is 4. The van der Waals surface area contributed by atoms with Crippen LogP contribution in [0.15, 0.2) is 104 Å². The second-order valence-electron chi connectivity index (χ2n) is 12.7. The van der Waals surface area contributed by atoms with E-state index in [0.29, 0.717) is 12.3 Å². The zero-order chi connectivity index (χ0) is 32.3. The summed E-state index contributed by atoms with van der Waals surface area (Å²) in [6.45, 7) is 11.2. The van der Waals surface area contributed by atoms with E-state index >= 15 is 0 Å². The highest BCUT2D eigenvalue weighted by Gasteiger charge is 2.20. The van der Waals surface area contributed by atoms with Gasteiger partial charge in [-0.3, -0.25) is 0 Å². The maximum absolute atomic E-state index is 12.4. The Bertz CT molecular complexity index is 1970. The Kier molecular flexibility index (Phi) is 8.75. The van der Waals surface area contributed by atoms with Crippen molar-refractivity contribution in [3.05, 3.63) is 126 Å². The smallest absolute Gasteiger partial charge is 0.428 e. The first-order valence-corrected chi connectivity index (χ1v) is 15.8. The minimum absolute atomic E-state index is 0.463. The van der Waals surface area contributed by atoms with Gasteiger partial charge in [-0.1, -0.05) is 79.7 Å². The molecule has 0 bridgehead atoms. The van der Waals surface area contributed by atoms with Gasteiger partial charge in [-0.25, -0.2) is 14.8 Å². The lowest BCUT2D eigenvalue weighted by atomic mass is 10.0. The van der Waals surface area contributed by atoms with Gasteiger partial charge in [-0.15, -0.1) is 0 Å². The van der Waals surface area contributed by atoms with E-state index in [2.05, 4.69) is 89.8 Å². The number of hydrogen-bond acceptors (Lipinski definition) is 5. The first-order chi connectivity index (χ1) is 22.2. The van der Waals surface area contributed by atoms with Crippen LogP contribution in [0.3, 0.4) is 0 Å². The van der Waals surface area contributed by atoms with Crippen molar-refractivity contribution in [1.29, 1.82) is 0 Å². The number of fused-ring (bicyclic) bond motifs is 1. The molecule has 234 valence electrons. The normalized spacial score (nSPS) is 11.6. The molecule has 0 radical (unpaired) electrons. The van der Waals surface area contributed by atoms with Crippen molar-refractivity contribution >= 4 is 17.2 Å². The lowest BCUT2D eigenvalue weighted by Gasteiger charge is -2.19.